The molecular formula is C24H28N6O5. The fraction of sp³-hybridized carbons (Fsp3) is 0.417. The lowest BCUT2D eigenvalue weighted by Gasteiger charge is -2.18. The van der Waals surface area contributed by atoms with Gasteiger partial charge in [-0.05, 0) is 43.7 Å². The third kappa shape index (κ3) is 5.56. The van der Waals surface area contributed by atoms with E-state index in [1.165, 1.54) is 13.3 Å². The van der Waals surface area contributed by atoms with Gasteiger partial charge in [0, 0.05) is 17.2 Å². The summed E-state index contributed by atoms with van der Waals surface area (Å²) in [6, 6.07) is 6.39. The minimum Gasteiger partial charge on any atom is -0.467 e. The molecule has 0 radical (unpaired) electrons. The first-order valence-corrected chi connectivity index (χ1v) is 11.5. The van der Waals surface area contributed by atoms with E-state index < -0.39 is 17.9 Å². The van der Waals surface area contributed by atoms with E-state index in [1.54, 1.807) is 38.1 Å². The van der Waals surface area contributed by atoms with Crippen molar-refractivity contribution < 1.29 is 23.5 Å². The first-order valence-electron chi connectivity index (χ1n) is 11.5. The number of hydrogen-bond donors (Lipinski definition) is 3. The number of carbonyl (C=O) groups excluding carboxylic acids is 3. The Labute approximate surface area is 202 Å². The van der Waals surface area contributed by atoms with Crippen molar-refractivity contribution in [1.82, 2.24) is 30.8 Å². The third-order valence-electron chi connectivity index (χ3n) is 5.91. The number of aromatic amines is 1. The number of ether oxygens (including phenoxy) is 1. The van der Waals surface area contributed by atoms with E-state index >= 15 is 0 Å². The van der Waals surface area contributed by atoms with Gasteiger partial charge < -0.3 is 24.8 Å². The number of H-pyrrole nitrogens is 1. The normalized spacial score (nSPS) is 14.9. The Morgan fingerprint density at radius 1 is 1.09 bits per heavy atom. The van der Waals surface area contributed by atoms with Gasteiger partial charge in [0.05, 0.1) is 13.3 Å². The van der Waals surface area contributed by atoms with Crippen molar-refractivity contribution in [3.63, 3.8) is 0 Å². The third-order valence-corrected chi connectivity index (χ3v) is 5.91. The molecule has 0 spiro atoms. The highest BCUT2D eigenvalue weighted by atomic mass is 16.5. The van der Waals surface area contributed by atoms with Gasteiger partial charge >= 0.3 is 5.97 Å². The van der Waals surface area contributed by atoms with Crippen molar-refractivity contribution in [1.29, 1.82) is 0 Å². The number of rotatable bonds is 9. The quantitative estimate of drug-likeness (QED) is 0.395. The SMILES string of the molecule is COC(=O)C(NC(=O)c1cnc(-c2cccc(-c3nnc(C(=O)N[C@@H](C)C4CC4)[nH]3)c2)o1)C(C)C. The van der Waals surface area contributed by atoms with E-state index in [-0.39, 0.29) is 35.3 Å². The molecule has 1 aliphatic carbocycles. The average Bonchev–Trinajstić information content (AvgIpc) is 3.37. The Balaban J connectivity index is 1.47. The summed E-state index contributed by atoms with van der Waals surface area (Å²) in [5, 5.41) is 13.6. The predicted octanol–water partition coefficient (Wildman–Crippen LogP) is 2.58. The summed E-state index contributed by atoms with van der Waals surface area (Å²) in [6.45, 7) is 5.58. The lowest BCUT2D eigenvalue weighted by Crippen LogP contribution is -2.44. The van der Waals surface area contributed by atoms with Crippen molar-refractivity contribution >= 4 is 17.8 Å². The molecule has 2 aromatic heterocycles. The maximum atomic E-state index is 12.6. The number of hydrogen-bond acceptors (Lipinski definition) is 8. The molecule has 1 unspecified atom stereocenters. The first-order chi connectivity index (χ1) is 16.8. The number of carbonyl (C=O) groups is 3. The zero-order valence-electron chi connectivity index (χ0n) is 20.0. The number of nitrogens with one attached hydrogen (secondary N) is 3. The van der Waals surface area contributed by atoms with Crippen LogP contribution in [0, 0.1) is 11.8 Å². The van der Waals surface area contributed by atoms with Crippen LogP contribution in [0.15, 0.2) is 34.9 Å². The second-order valence-corrected chi connectivity index (χ2v) is 8.95. The van der Waals surface area contributed by atoms with Crippen molar-refractivity contribution in [2.75, 3.05) is 7.11 Å². The molecule has 11 nitrogen and oxygen atoms in total. The van der Waals surface area contributed by atoms with Crippen molar-refractivity contribution in [3.8, 4) is 22.8 Å². The molecule has 35 heavy (non-hydrogen) atoms. The summed E-state index contributed by atoms with van der Waals surface area (Å²) >= 11 is 0. The number of methoxy groups -OCH3 is 1. The smallest absolute Gasteiger partial charge is 0.328 e. The Morgan fingerprint density at radius 2 is 1.83 bits per heavy atom. The van der Waals surface area contributed by atoms with Crippen molar-refractivity contribution in [2.24, 2.45) is 11.8 Å². The van der Waals surface area contributed by atoms with Crippen LogP contribution in [0.2, 0.25) is 0 Å². The number of nitrogens with zero attached hydrogens (tertiary/aromatic N) is 3. The molecule has 11 heteroatoms. The van der Waals surface area contributed by atoms with Crippen LogP contribution in [0.1, 0.15) is 54.8 Å². The molecule has 1 aromatic carbocycles. The molecule has 1 saturated carbocycles. The molecule has 1 fully saturated rings. The van der Waals surface area contributed by atoms with Crippen LogP contribution in [0.4, 0.5) is 0 Å². The van der Waals surface area contributed by atoms with Gasteiger partial charge in [-0.1, -0.05) is 26.0 Å². The van der Waals surface area contributed by atoms with Crippen LogP contribution >= 0.6 is 0 Å². The summed E-state index contributed by atoms with van der Waals surface area (Å²) in [6.07, 6.45) is 3.55. The Hall–Kier alpha value is -4.02. The van der Waals surface area contributed by atoms with Crippen LogP contribution in [0.3, 0.4) is 0 Å². The molecule has 2 amide bonds. The largest absolute Gasteiger partial charge is 0.467 e. The van der Waals surface area contributed by atoms with Gasteiger partial charge in [-0.3, -0.25) is 9.59 Å². The van der Waals surface area contributed by atoms with E-state index in [0.717, 1.165) is 12.8 Å². The number of aromatic nitrogens is 4. The second-order valence-electron chi connectivity index (χ2n) is 8.95. The van der Waals surface area contributed by atoms with Crippen LogP contribution in [-0.2, 0) is 9.53 Å². The number of benzene rings is 1. The summed E-state index contributed by atoms with van der Waals surface area (Å²) in [5.74, 6) is -0.321. The summed E-state index contributed by atoms with van der Waals surface area (Å²) < 4.78 is 10.4. The van der Waals surface area contributed by atoms with Gasteiger partial charge in [0.1, 0.15) is 6.04 Å². The van der Waals surface area contributed by atoms with Gasteiger partial charge in [-0.15, -0.1) is 10.2 Å². The predicted molar refractivity (Wildman–Crippen MR) is 125 cm³/mol. The molecule has 0 aliphatic heterocycles. The fourth-order valence-electron chi connectivity index (χ4n) is 3.63. The maximum absolute atomic E-state index is 12.6. The zero-order valence-corrected chi connectivity index (χ0v) is 20.0. The summed E-state index contributed by atoms with van der Waals surface area (Å²) in [4.78, 5) is 44.1. The summed E-state index contributed by atoms with van der Waals surface area (Å²) in [5.41, 5.74) is 1.26. The fourth-order valence-corrected chi connectivity index (χ4v) is 3.63. The lowest BCUT2D eigenvalue weighted by molar-refractivity contribution is -0.144. The second kappa shape index (κ2) is 10.1. The monoisotopic (exact) mass is 480 g/mol. The van der Waals surface area contributed by atoms with E-state index in [0.29, 0.717) is 22.9 Å². The zero-order chi connectivity index (χ0) is 25.1. The minimum atomic E-state index is -0.811. The molecule has 184 valence electrons. The number of esters is 1. The Bertz CT molecular complexity index is 1230. The van der Waals surface area contributed by atoms with E-state index in [4.69, 9.17) is 9.15 Å². The molecule has 4 rings (SSSR count). The highest BCUT2D eigenvalue weighted by Crippen LogP contribution is 2.32. The molecule has 1 aliphatic rings. The van der Waals surface area contributed by atoms with Crippen LogP contribution in [0.5, 0.6) is 0 Å². The van der Waals surface area contributed by atoms with E-state index in [2.05, 4.69) is 30.8 Å². The van der Waals surface area contributed by atoms with Gasteiger partial charge in [0.25, 0.3) is 11.8 Å². The highest BCUT2D eigenvalue weighted by molar-refractivity contribution is 5.94. The number of amides is 2. The molecule has 2 atom stereocenters. The van der Waals surface area contributed by atoms with E-state index in [9.17, 15) is 14.4 Å². The lowest BCUT2D eigenvalue weighted by atomic mass is 10.0. The molecule has 3 N–H and O–H groups in total. The van der Waals surface area contributed by atoms with Crippen molar-refractivity contribution in [2.45, 2.75) is 45.7 Å². The van der Waals surface area contributed by atoms with Gasteiger partial charge in [-0.25, -0.2) is 9.78 Å². The van der Waals surface area contributed by atoms with Crippen LogP contribution < -0.4 is 10.6 Å². The Kier molecular flexibility index (Phi) is 6.94. The van der Waals surface area contributed by atoms with Crippen molar-refractivity contribution in [3.05, 3.63) is 42.0 Å². The molecular weight excluding hydrogens is 452 g/mol. The molecule has 2 heterocycles. The van der Waals surface area contributed by atoms with Gasteiger partial charge in [0.15, 0.2) is 5.82 Å². The molecule has 3 aromatic rings. The van der Waals surface area contributed by atoms with Gasteiger partial charge in [-0.2, -0.15) is 0 Å². The minimum absolute atomic E-state index is 0.0386. The molecule has 0 saturated heterocycles. The first kappa shape index (κ1) is 24.1. The van der Waals surface area contributed by atoms with Crippen LogP contribution in [0.25, 0.3) is 22.8 Å². The van der Waals surface area contributed by atoms with E-state index in [1.807, 2.05) is 6.92 Å². The molecule has 0 bridgehead atoms. The van der Waals surface area contributed by atoms with Gasteiger partial charge in [0.2, 0.25) is 17.5 Å². The summed E-state index contributed by atoms with van der Waals surface area (Å²) in [7, 11) is 1.27. The Morgan fingerprint density at radius 3 is 2.51 bits per heavy atom. The standard InChI is InChI=1S/C24H28N6O5/c1-12(2)18(24(33)34-4)27-21(31)17-11-25-23(35-17)16-7-5-6-15(10-16)19-28-20(30-29-19)22(32)26-13(3)14-8-9-14/h5-7,10-14,18H,8-9H2,1-4H3,(H,26,32)(H,27,31)(H,28,29,30)/t13-,18?/m0/s1. The number of oxazole rings is 1. The maximum Gasteiger partial charge on any atom is 0.328 e. The average molecular weight is 481 g/mol. The topological polar surface area (TPSA) is 152 Å². The highest BCUT2D eigenvalue weighted by Gasteiger charge is 2.30. The van der Waals surface area contributed by atoms with Crippen LogP contribution in [-0.4, -0.2) is 57.1 Å².